The van der Waals surface area contributed by atoms with E-state index in [0.717, 1.165) is 17.5 Å². The highest BCUT2D eigenvalue weighted by Crippen LogP contribution is 2.09. The maximum absolute atomic E-state index is 11.7. The van der Waals surface area contributed by atoms with E-state index in [4.69, 9.17) is 10.5 Å². The molecule has 122 valence electrons. The summed E-state index contributed by atoms with van der Waals surface area (Å²) in [6, 6.07) is 9.93. The number of benzene rings is 1. The van der Waals surface area contributed by atoms with Gasteiger partial charge in [-0.1, -0.05) is 35.5 Å². The Hall–Kier alpha value is -2.90. The molecule has 0 aliphatic heterocycles. The van der Waals surface area contributed by atoms with Gasteiger partial charge in [-0.2, -0.15) is 0 Å². The SMILES string of the molecule is COC(=O)c1nnn(CC(=O)OCCCc2ccccc2)c1N. The second kappa shape index (κ2) is 7.92. The highest BCUT2D eigenvalue weighted by Gasteiger charge is 2.19. The molecular weight excluding hydrogens is 300 g/mol. The molecule has 1 aromatic heterocycles. The van der Waals surface area contributed by atoms with Gasteiger partial charge in [-0.05, 0) is 18.4 Å². The Balaban J connectivity index is 1.77. The van der Waals surface area contributed by atoms with Gasteiger partial charge in [0.25, 0.3) is 0 Å². The molecule has 0 spiro atoms. The van der Waals surface area contributed by atoms with Gasteiger partial charge in [-0.25, -0.2) is 9.48 Å². The normalized spacial score (nSPS) is 10.3. The minimum atomic E-state index is -0.704. The molecule has 23 heavy (non-hydrogen) atoms. The molecule has 1 heterocycles. The minimum absolute atomic E-state index is 0.0296. The van der Waals surface area contributed by atoms with Crippen LogP contribution in [0.5, 0.6) is 0 Å². The summed E-state index contributed by atoms with van der Waals surface area (Å²) in [6.07, 6.45) is 1.54. The number of methoxy groups -OCH3 is 1. The van der Waals surface area contributed by atoms with Crippen molar-refractivity contribution in [1.82, 2.24) is 15.0 Å². The summed E-state index contributed by atoms with van der Waals surface area (Å²) in [7, 11) is 1.21. The zero-order valence-corrected chi connectivity index (χ0v) is 12.8. The van der Waals surface area contributed by atoms with Gasteiger partial charge >= 0.3 is 11.9 Å². The molecule has 0 atom stereocenters. The Bertz CT molecular complexity index is 669. The first-order chi connectivity index (χ1) is 11.1. The number of carbonyl (C=O) groups is 2. The van der Waals surface area contributed by atoms with Crippen molar-refractivity contribution in [1.29, 1.82) is 0 Å². The first kappa shape index (κ1) is 16.5. The molecule has 2 rings (SSSR count). The number of ether oxygens (including phenoxy) is 2. The average molecular weight is 318 g/mol. The van der Waals surface area contributed by atoms with E-state index in [0.29, 0.717) is 6.61 Å². The van der Waals surface area contributed by atoms with E-state index in [2.05, 4.69) is 15.0 Å². The lowest BCUT2D eigenvalue weighted by atomic mass is 10.1. The average Bonchev–Trinajstić information content (AvgIpc) is 2.93. The molecular formula is C15H18N4O4. The highest BCUT2D eigenvalue weighted by molar-refractivity contribution is 5.91. The van der Waals surface area contributed by atoms with Gasteiger partial charge in [0, 0.05) is 0 Å². The molecule has 0 saturated heterocycles. The molecule has 8 heteroatoms. The molecule has 0 bridgehead atoms. The predicted octanol–water partition coefficient (Wildman–Crippen LogP) is 0.823. The Kier molecular flexibility index (Phi) is 5.67. The molecule has 2 N–H and O–H groups in total. The van der Waals surface area contributed by atoms with E-state index < -0.39 is 11.9 Å². The van der Waals surface area contributed by atoms with Crippen molar-refractivity contribution in [2.45, 2.75) is 19.4 Å². The Morgan fingerprint density at radius 1 is 1.26 bits per heavy atom. The van der Waals surface area contributed by atoms with Gasteiger partial charge in [0.1, 0.15) is 6.54 Å². The molecule has 0 saturated carbocycles. The lowest BCUT2D eigenvalue weighted by Crippen LogP contribution is -2.17. The monoisotopic (exact) mass is 318 g/mol. The number of aromatic nitrogens is 3. The maximum atomic E-state index is 11.7. The zero-order valence-electron chi connectivity index (χ0n) is 12.8. The smallest absolute Gasteiger partial charge is 0.362 e. The fourth-order valence-electron chi connectivity index (χ4n) is 1.95. The van der Waals surface area contributed by atoms with Crippen LogP contribution in [-0.4, -0.2) is 40.6 Å². The van der Waals surface area contributed by atoms with Crippen molar-refractivity contribution < 1.29 is 19.1 Å². The van der Waals surface area contributed by atoms with E-state index in [-0.39, 0.29) is 18.1 Å². The second-order valence-electron chi connectivity index (χ2n) is 4.78. The second-order valence-corrected chi connectivity index (χ2v) is 4.78. The van der Waals surface area contributed by atoms with Gasteiger partial charge < -0.3 is 15.2 Å². The molecule has 0 amide bonds. The van der Waals surface area contributed by atoms with E-state index in [9.17, 15) is 9.59 Å². The van der Waals surface area contributed by atoms with Crippen LogP contribution in [0.3, 0.4) is 0 Å². The van der Waals surface area contributed by atoms with Crippen molar-refractivity contribution in [2.24, 2.45) is 0 Å². The van der Waals surface area contributed by atoms with Gasteiger partial charge in [0.05, 0.1) is 13.7 Å². The molecule has 0 aliphatic rings. The van der Waals surface area contributed by atoms with E-state index in [1.54, 1.807) is 0 Å². The van der Waals surface area contributed by atoms with Crippen LogP contribution in [-0.2, 0) is 27.2 Å². The van der Waals surface area contributed by atoms with Crippen molar-refractivity contribution in [3.05, 3.63) is 41.6 Å². The Morgan fingerprint density at radius 2 is 2.00 bits per heavy atom. The van der Waals surface area contributed by atoms with E-state index in [1.165, 1.54) is 12.7 Å². The number of nitrogens with zero attached hydrogens (tertiary/aromatic N) is 3. The predicted molar refractivity (Wildman–Crippen MR) is 81.5 cm³/mol. The van der Waals surface area contributed by atoms with E-state index in [1.807, 2.05) is 30.3 Å². The minimum Gasteiger partial charge on any atom is -0.464 e. The maximum Gasteiger partial charge on any atom is 0.362 e. The number of carbonyl (C=O) groups excluding carboxylic acids is 2. The third-order valence-corrected chi connectivity index (χ3v) is 3.15. The number of rotatable bonds is 7. The van der Waals surface area contributed by atoms with Crippen LogP contribution in [0.25, 0.3) is 0 Å². The summed E-state index contributed by atoms with van der Waals surface area (Å²) < 4.78 is 10.7. The van der Waals surface area contributed by atoms with Gasteiger partial charge in [0.2, 0.25) is 5.69 Å². The third-order valence-electron chi connectivity index (χ3n) is 3.15. The fourth-order valence-corrected chi connectivity index (χ4v) is 1.95. The number of nitrogen functional groups attached to an aromatic ring is 1. The molecule has 0 unspecified atom stereocenters. The summed E-state index contributed by atoms with van der Waals surface area (Å²) in [5.41, 5.74) is 6.75. The van der Waals surface area contributed by atoms with Crippen molar-refractivity contribution in [3.63, 3.8) is 0 Å². The zero-order chi connectivity index (χ0) is 16.7. The highest BCUT2D eigenvalue weighted by atomic mass is 16.5. The quantitative estimate of drug-likeness (QED) is 0.594. The largest absolute Gasteiger partial charge is 0.464 e. The Labute approximate surface area is 133 Å². The molecule has 1 aromatic carbocycles. The van der Waals surface area contributed by atoms with Gasteiger partial charge in [0.15, 0.2) is 5.82 Å². The van der Waals surface area contributed by atoms with Crippen molar-refractivity contribution in [3.8, 4) is 0 Å². The van der Waals surface area contributed by atoms with E-state index >= 15 is 0 Å². The molecule has 0 aliphatic carbocycles. The lowest BCUT2D eigenvalue weighted by molar-refractivity contribution is -0.144. The standard InChI is InChI=1S/C15H18N4O4/c1-22-15(21)13-14(16)19(18-17-13)10-12(20)23-9-5-8-11-6-3-2-4-7-11/h2-4,6-7H,5,8-10,16H2,1H3. The third kappa shape index (κ3) is 4.53. The van der Waals surface area contributed by atoms with Crippen molar-refractivity contribution >= 4 is 17.8 Å². The van der Waals surface area contributed by atoms with Crippen molar-refractivity contribution in [2.75, 3.05) is 19.5 Å². The summed E-state index contributed by atoms with van der Waals surface area (Å²) in [5, 5.41) is 7.22. The van der Waals surface area contributed by atoms with Gasteiger partial charge in [-0.15, -0.1) is 5.10 Å². The summed E-state index contributed by atoms with van der Waals surface area (Å²) in [4.78, 5) is 23.1. The number of hydrogen-bond donors (Lipinski definition) is 1. The number of esters is 2. The fraction of sp³-hybridized carbons (Fsp3) is 0.333. The molecule has 2 aromatic rings. The Morgan fingerprint density at radius 3 is 2.70 bits per heavy atom. The number of hydrogen-bond acceptors (Lipinski definition) is 7. The van der Waals surface area contributed by atoms with Crippen LogP contribution in [0.4, 0.5) is 5.82 Å². The summed E-state index contributed by atoms with van der Waals surface area (Å²) in [6.45, 7) is 0.0906. The van der Waals surface area contributed by atoms with Crippen LogP contribution in [0.1, 0.15) is 22.5 Å². The molecule has 0 radical (unpaired) electrons. The summed E-state index contributed by atoms with van der Waals surface area (Å²) >= 11 is 0. The number of aryl methyl sites for hydroxylation is 1. The van der Waals surface area contributed by atoms with Crippen LogP contribution >= 0.6 is 0 Å². The topological polar surface area (TPSA) is 109 Å². The van der Waals surface area contributed by atoms with Crippen LogP contribution < -0.4 is 5.73 Å². The first-order valence-electron chi connectivity index (χ1n) is 7.08. The first-order valence-corrected chi connectivity index (χ1v) is 7.08. The number of anilines is 1. The van der Waals surface area contributed by atoms with Crippen LogP contribution in [0, 0.1) is 0 Å². The van der Waals surface area contributed by atoms with Gasteiger partial charge in [-0.3, -0.25) is 4.79 Å². The van der Waals surface area contributed by atoms with Crippen LogP contribution in [0.2, 0.25) is 0 Å². The van der Waals surface area contributed by atoms with Crippen LogP contribution in [0.15, 0.2) is 30.3 Å². The lowest BCUT2D eigenvalue weighted by Gasteiger charge is -2.06. The molecule has 0 fully saturated rings. The number of nitrogens with two attached hydrogens (primary N) is 1. The molecule has 8 nitrogen and oxygen atoms in total. The summed E-state index contributed by atoms with van der Waals surface area (Å²) in [5.74, 6) is -1.23.